The second-order valence-corrected chi connectivity index (χ2v) is 6.43. The number of aromatic nitrogens is 2. The van der Waals surface area contributed by atoms with Gasteiger partial charge in [0.1, 0.15) is 5.82 Å². The molecule has 1 fully saturated rings. The van der Waals surface area contributed by atoms with Gasteiger partial charge in [-0.05, 0) is 55.0 Å². The molecule has 0 saturated carbocycles. The average Bonchev–Trinajstić information content (AvgIpc) is 3.12. The van der Waals surface area contributed by atoms with Crippen LogP contribution in [0, 0.1) is 11.2 Å². The molecule has 5 nitrogen and oxygen atoms in total. The van der Waals surface area contributed by atoms with Gasteiger partial charge in [0.25, 0.3) is 5.91 Å². The molecule has 0 radical (unpaired) electrons. The molecule has 0 bridgehead atoms. The second kappa shape index (κ2) is 6.73. The summed E-state index contributed by atoms with van der Waals surface area (Å²) in [7, 11) is 0. The van der Waals surface area contributed by atoms with Gasteiger partial charge in [0, 0.05) is 25.9 Å². The lowest BCUT2D eigenvalue weighted by atomic mass is 9.77. The van der Waals surface area contributed by atoms with E-state index in [-0.39, 0.29) is 23.7 Å². The van der Waals surface area contributed by atoms with Crippen LogP contribution in [0.1, 0.15) is 36.7 Å². The first-order valence-electron chi connectivity index (χ1n) is 8.29. The number of benzene rings is 1. The Morgan fingerprint density at radius 2 is 1.92 bits per heavy atom. The number of carbonyl (C=O) groups is 1. The minimum Gasteiger partial charge on any atom is -0.396 e. The van der Waals surface area contributed by atoms with E-state index in [1.807, 2.05) is 0 Å². The smallest absolute Gasteiger partial charge is 0.274 e. The van der Waals surface area contributed by atoms with Crippen LogP contribution >= 0.6 is 0 Å². The number of carbonyl (C=O) groups excluding carboxylic acids is 1. The van der Waals surface area contributed by atoms with E-state index in [0.29, 0.717) is 24.5 Å². The highest BCUT2D eigenvalue weighted by Gasteiger charge is 2.34. The van der Waals surface area contributed by atoms with Gasteiger partial charge in [-0.2, -0.15) is 5.10 Å². The summed E-state index contributed by atoms with van der Waals surface area (Å²) in [6.45, 7) is 3.52. The Kier molecular flexibility index (Phi) is 4.66. The van der Waals surface area contributed by atoms with E-state index >= 15 is 0 Å². The van der Waals surface area contributed by atoms with Crippen LogP contribution in [0.3, 0.4) is 0 Å². The van der Waals surface area contributed by atoms with Crippen LogP contribution in [-0.4, -0.2) is 45.4 Å². The Labute approximate surface area is 140 Å². The molecule has 0 atom stereocenters. The summed E-state index contributed by atoms with van der Waals surface area (Å²) in [5.74, 6) is -0.405. The third-order valence-corrected chi connectivity index (χ3v) is 5.10. The van der Waals surface area contributed by atoms with Gasteiger partial charge in [-0.15, -0.1) is 0 Å². The minimum absolute atomic E-state index is 0.0513. The van der Waals surface area contributed by atoms with Crippen LogP contribution in [0.2, 0.25) is 0 Å². The van der Waals surface area contributed by atoms with E-state index < -0.39 is 0 Å². The molecule has 0 aliphatic carbocycles. The summed E-state index contributed by atoms with van der Waals surface area (Å²) in [5.41, 5.74) is 1.04. The summed E-state index contributed by atoms with van der Waals surface area (Å²) in [4.78, 5) is 14.4. The average molecular weight is 331 g/mol. The predicted molar refractivity (Wildman–Crippen MR) is 88.5 cm³/mol. The molecule has 2 heterocycles. The number of halogens is 1. The predicted octanol–water partition coefficient (Wildman–Crippen LogP) is 2.64. The number of amides is 1. The molecule has 6 heteroatoms. The first-order chi connectivity index (χ1) is 11.6. The number of aliphatic hydroxyl groups is 1. The van der Waals surface area contributed by atoms with Crippen molar-refractivity contribution in [3.63, 3.8) is 0 Å². The van der Waals surface area contributed by atoms with Gasteiger partial charge in [-0.3, -0.25) is 4.79 Å². The fraction of sp³-hybridized carbons (Fsp3) is 0.444. The molecule has 1 saturated heterocycles. The van der Waals surface area contributed by atoms with Gasteiger partial charge in [0.15, 0.2) is 5.69 Å². The van der Waals surface area contributed by atoms with Gasteiger partial charge >= 0.3 is 0 Å². The van der Waals surface area contributed by atoms with Crippen molar-refractivity contribution in [1.29, 1.82) is 0 Å². The highest BCUT2D eigenvalue weighted by atomic mass is 19.1. The third-order valence-electron chi connectivity index (χ3n) is 5.10. The van der Waals surface area contributed by atoms with Crippen LogP contribution < -0.4 is 0 Å². The summed E-state index contributed by atoms with van der Waals surface area (Å²) in [6.07, 6.45) is 4.24. The van der Waals surface area contributed by atoms with Crippen molar-refractivity contribution in [3.8, 4) is 5.69 Å². The fourth-order valence-corrected chi connectivity index (χ4v) is 3.15. The number of piperidine rings is 1. The Hall–Kier alpha value is -2.21. The highest BCUT2D eigenvalue weighted by molar-refractivity contribution is 5.92. The molecule has 0 unspecified atom stereocenters. The fourth-order valence-electron chi connectivity index (χ4n) is 3.15. The van der Waals surface area contributed by atoms with E-state index in [2.05, 4.69) is 12.0 Å². The normalized spacial score (nSPS) is 17.0. The van der Waals surface area contributed by atoms with Gasteiger partial charge < -0.3 is 10.0 Å². The maximum Gasteiger partial charge on any atom is 0.274 e. The highest BCUT2D eigenvalue weighted by Crippen LogP contribution is 2.34. The number of hydrogen-bond acceptors (Lipinski definition) is 3. The van der Waals surface area contributed by atoms with Crippen molar-refractivity contribution in [3.05, 3.63) is 48.0 Å². The molecule has 1 aliphatic rings. The number of rotatable bonds is 4. The lowest BCUT2D eigenvalue weighted by Crippen LogP contribution is -2.44. The van der Waals surface area contributed by atoms with Crippen LogP contribution in [0.25, 0.3) is 5.69 Å². The third kappa shape index (κ3) is 3.19. The summed E-state index contributed by atoms with van der Waals surface area (Å²) < 4.78 is 14.6. The van der Waals surface area contributed by atoms with E-state index in [1.54, 1.807) is 34.0 Å². The molecule has 1 aromatic heterocycles. The second-order valence-electron chi connectivity index (χ2n) is 6.43. The topological polar surface area (TPSA) is 58.4 Å². The Morgan fingerprint density at radius 3 is 2.50 bits per heavy atom. The number of likely N-dealkylation sites (tertiary alicyclic amines) is 1. The van der Waals surface area contributed by atoms with Crippen molar-refractivity contribution in [2.45, 2.75) is 26.2 Å². The van der Waals surface area contributed by atoms with E-state index in [0.717, 1.165) is 19.3 Å². The van der Waals surface area contributed by atoms with Crippen molar-refractivity contribution in [2.24, 2.45) is 5.41 Å². The summed E-state index contributed by atoms with van der Waals surface area (Å²) >= 11 is 0. The molecule has 2 aromatic rings. The quantitative estimate of drug-likeness (QED) is 0.937. The molecule has 0 spiro atoms. The van der Waals surface area contributed by atoms with Gasteiger partial charge in [-0.25, -0.2) is 9.07 Å². The van der Waals surface area contributed by atoms with Gasteiger partial charge in [0.2, 0.25) is 0 Å². The standard InChI is InChI=1S/C18H22FN3O2/c1-2-18(13-23)8-11-21(12-9-18)17(24)16-7-10-22(20-16)15-5-3-14(19)4-6-15/h3-7,10,23H,2,8-9,11-13H2,1H3. The minimum atomic E-state index is -0.307. The molecular formula is C18H22FN3O2. The maximum absolute atomic E-state index is 13.0. The first-order valence-corrected chi connectivity index (χ1v) is 8.29. The number of nitrogens with zero attached hydrogens (tertiary/aromatic N) is 3. The zero-order valence-electron chi connectivity index (χ0n) is 13.8. The maximum atomic E-state index is 13.0. The summed E-state index contributed by atoms with van der Waals surface area (Å²) in [5, 5.41) is 13.9. The SMILES string of the molecule is CCC1(CO)CCN(C(=O)c2ccn(-c3ccc(F)cc3)n2)CC1. The van der Waals surface area contributed by atoms with E-state index in [1.165, 1.54) is 12.1 Å². The molecular weight excluding hydrogens is 309 g/mol. The number of hydrogen-bond donors (Lipinski definition) is 1. The van der Waals surface area contributed by atoms with Crippen LogP contribution in [0.5, 0.6) is 0 Å². The van der Waals surface area contributed by atoms with Crippen LogP contribution in [-0.2, 0) is 0 Å². The van der Waals surface area contributed by atoms with Crippen molar-refractivity contribution < 1.29 is 14.3 Å². The van der Waals surface area contributed by atoms with E-state index in [4.69, 9.17) is 0 Å². The molecule has 1 aromatic carbocycles. The lowest BCUT2D eigenvalue weighted by Gasteiger charge is -2.40. The van der Waals surface area contributed by atoms with Crippen LogP contribution in [0.15, 0.2) is 36.5 Å². The molecule has 1 amide bonds. The molecule has 1 N–H and O–H groups in total. The monoisotopic (exact) mass is 331 g/mol. The molecule has 1 aliphatic heterocycles. The molecule has 24 heavy (non-hydrogen) atoms. The Bertz CT molecular complexity index is 697. The van der Waals surface area contributed by atoms with Crippen LogP contribution in [0.4, 0.5) is 4.39 Å². The van der Waals surface area contributed by atoms with Gasteiger partial charge in [0.05, 0.1) is 5.69 Å². The largest absolute Gasteiger partial charge is 0.396 e. The van der Waals surface area contributed by atoms with Gasteiger partial charge in [-0.1, -0.05) is 6.92 Å². The zero-order chi connectivity index (χ0) is 17.2. The first kappa shape index (κ1) is 16.6. The van der Waals surface area contributed by atoms with Crippen molar-refractivity contribution >= 4 is 5.91 Å². The Morgan fingerprint density at radius 1 is 1.25 bits per heavy atom. The summed E-state index contributed by atoms with van der Waals surface area (Å²) in [6, 6.07) is 7.65. The van der Waals surface area contributed by atoms with Crippen molar-refractivity contribution in [1.82, 2.24) is 14.7 Å². The number of aliphatic hydroxyl groups excluding tert-OH is 1. The lowest BCUT2D eigenvalue weighted by molar-refractivity contribution is 0.0334. The van der Waals surface area contributed by atoms with Crippen molar-refractivity contribution in [2.75, 3.05) is 19.7 Å². The van der Waals surface area contributed by atoms with E-state index in [9.17, 15) is 14.3 Å². The molecule has 128 valence electrons. The Balaban J connectivity index is 1.69. The molecule has 3 rings (SSSR count). The zero-order valence-corrected chi connectivity index (χ0v) is 13.8.